The van der Waals surface area contributed by atoms with Gasteiger partial charge in [-0.25, -0.2) is 0 Å². The van der Waals surface area contributed by atoms with Gasteiger partial charge in [0, 0.05) is 41.2 Å². The average Bonchev–Trinajstić information content (AvgIpc) is 3.45. The van der Waals surface area contributed by atoms with E-state index < -0.39 is 24.2 Å². The first kappa shape index (κ1) is 43.1. The molecule has 1 heterocycles. The van der Waals surface area contributed by atoms with E-state index in [4.69, 9.17) is 9.57 Å². The van der Waals surface area contributed by atoms with E-state index in [1.165, 1.54) is 6.42 Å². The van der Waals surface area contributed by atoms with Gasteiger partial charge in [-0.1, -0.05) is 86.6 Å². The van der Waals surface area contributed by atoms with Gasteiger partial charge in [0.25, 0.3) is 5.91 Å². The van der Waals surface area contributed by atoms with Crippen molar-refractivity contribution < 1.29 is 29.4 Å². The second kappa shape index (κ2) is 16.5. The Bertz CT molecular complexity index is 1680. The third-order valence-corrected chi connectivity index (χ3v) is 12.8. The van der Waals surface area contributed by atoms with Crippen molar-refractivity contribution in [1.29, 1.82) is 0 Å². The summed E-state index contributed by atoms with van der Waals surface area (Å²) < 4.78 is 6.14. The van der Waals surface area contributed by atoms with Crippen LogP contribution in [0.5, 0.6) is 5.75 Å². The SMILES string of the molecule is COc1c(CN2O[C@@H](CO)[C@H]([C@H](C)O)[C@H]2C(=O)N[C@H]2C[C@@H]3C[C@@H]([C@@H]2C)C3(C)C)cccc1-c1cc(C(=O)N[C@H](CN(C)C)CC(C)(C)C)cc(C(C)(C)C)c1. The van der Waals surface area contributed by atoms with Crippen LogP contribution >= 0.6 is 0 Å². The highest BCUT2D eigenvalue weighted by atomic mass is 16.7. The van der Waals surface area contributed by atoms with Gasteiger partial charge in [0.1, 0.15) is 17.9 Å². The van der Waals surface area contributed by atoms with Crippen LogP contribution in [0.25, 0.3) is 11.1 Å². The van der Waals surface area contributed by atoms with Gasteiger partial charge in [-0.3, -0.25) is 14.4 Å². The van der Waals surface area contributed by atoms with Crippen LogP contribution in [0.3, 0.4) is 0 Å². The highest BCUT2D eigenvalue weighted by Gasteiger charge is 2.57. The van der Waals surface area contributed by atoms with E-state index in [9.17, 15) is 19.8 Å². The lowest BCUT2D eigenvalue weighted by atomic mass is 9.45. The zero-order chi connectivity index (χ0) is 40.8. The highest BCUT2D eigenvalue weighted by molar-refractivity contribution is 5.96. The number of ether oxygens (including phenoxy) is 1. The van der Waals surface area contributed by atoms with Crippen LogP contribution in [-0.2, 0) is 21.6 Å². The molecule has 3 aliphatic carbocycles. The topological polar surface area (TPSA) is 124 Å². The summed E-state index contributed by atoms with van der Waals surface area (Å²) in [4.78, 5) is 36.8. The number of para-hydroxylation sites is 1. The molecule has 0 spiro atoms. The molecule has 2 bridgehead atoms. The van der Waals surface area contributed by atoms with Gasteiger partial charge in [-0.05, 0) is 97.5 Å². The van der Waals surface area contributed by atoms with Gasteiger partial charge in [0.2, 0.25) is 5.91 Å². The molecule has 0 unspecified atom stereocenters. The minimum atomic E-state index is -0.896. The first-order chi connectivity index (χ1) is 25.5. The standard InChI is InChI=1S/C45H70N4O6/c1-26-35-20-32(45(35,9)10)21-36(26)47-42(53)39-38(27(2)51)37(25-50)55-49(39)23-28-15-14-16-34(40(28)54-13)29-17-30(19-31(18-29)44(6,7)8)41(52)46-33(24-48(11)12)22-43(3,4)5/h14-19,26-27,32-33,35-39,50-51H,20-25H2,1-13H3,(H,46,52)(H,47,53)/t26-,27-,32-,33-,35-,36-,37-,38-,39-/m0/s1. The fraction of sp³-hybridized carbons (Fsp3) is 0.689. The second-order valence-corrected chi connectivity index (χ2v) is 20.0. The minimum Gasteiger partial charge on any atom is -0.496 e. The first-order valence-electron chi connectivity index (χ1n) is 20.4. The van der Waals surface area contributed by atoms with E-state index in [0.29, 0.717) is 29.1 Å². The molecule has 4 N–H and O–H groups in total. The third kappa shape index (κ3) is 9.41. The minimum absolute atomic E-state index is 0.0280. The van der Waals surface area contributed by atoms with Gasteiger partial charge in [0.15, 0.2) is 0 Å². The molecule has 3 saturated carbocycles. The molecule has 4 aliphatic rings. The van der Waals surface area contributed by atoms with Crippen molar-refractivity contribution in [2.45, 2.75) is 131 Å². The number of carbonyl (C=O) groups excluding carboxylic acids is 2. The Kier molecular flexibility index (Phi) is 12.9. The molecule has 1 aliphatic heterocycles. The molecule has 10 nitrogen and oxygen atoms in total. The summed E-state index contributed by atoms with van der Waals surface area (Å²) in [6.07, 6.45) is 1.33. The number of hydrogen-bond donors (Lipinski definition) is 4. The molecule has 2 aromatic rings. The predicted octanol–water partition coefficient (Wildman–Crippen LogP) is 6.42. The lowest BCUT2D eigenvalue weighted by Crippen LogP contribution is -2.62. The first-order valence-corrected chi connectivity index (χ1v) is 20.4. The quantitative estimate of drug-likeness (QED) is 0.185. The third-order valence-electron chi connectivity index (χ3n) is 12.8. The fourth-order valence-corrected chi connectivity index (χ4v) is 9.79. The molecule has 10 heteroatoms. The van der Waals surface area contributed by atoms with Gasteiger partial charge in [-0.2, -0.15) is 5.06 Å². The number of carbonyl (C=O) groups is 2. The van der Waals surface area contributed by atoms with Crippen LogP contribution in [0.15, 0.2) is 36.4 Å². The highest BCUT2D eigenvalue weighted by Crippen LogP contribution is 2.61. The van der Waals surface area contributed by atoms with E-state index in [1.807, 2.05) is 44.4 Å². The van der Waals surface area contributed by atoms with E-state index in [2.05, 4.69) is 83.9 Å². The number of aliphatic hydroxyl groups excluding tert-OH is 2. The van der Waals surface area contributed by atoms with E-state index in [0.717, 1.165) is 41.6 Å². The number of benzene rings is 2. The number of rotatable bonds is 13. The molecule has 0 radical (unpaired) electrons. The number of nitrogens with one attached hydrogen (secondary N) is 2. The molecule has 2 aromatic carbocycles. The Morgan fingerprint density at radius 2 is 1.78 bits per heavy atom. The summed E-state index contributed by atoms with van der Waals surface area (Å²) in [5.41, 5.74) is 4.11. The molecular formula is C45H70N4O6. The van der Waals surface area contributed by atoms with Crippen molar-refractivity contribution >= 4 is 11.8 Å². The fourth-order valence-electron chi connectivity index (χ4n) is 9.79. The largest absolute Gasteiger partial charge is 0.496 e. The summed E-state index contributed by atoms with van der Waals surface area (Å²) in [6, 6.07) is 11.1. The second-order valence-electron chi connectivity index (χ2n) is 20.0. The lowest BCUT2D eigenvalue weighted by Gasteiger charge is -2.62. The predicted molar refractivity (Wildman–Crippen MR) is 219 cm³/mol. The van der Waals surface area contributed by atoms with Crippen LogP contribution in [0.4, 0.5) is 0 Å². The van der Waals surface area contributed by atoms with Crippen LogP contribution in [0.2, 0.25) is 0 Å². The molecular weight excluding hydrogens is 693 g/mol. The van der Waals surface area contributed by atoms with Crippen molar-refractivity contribution in [2.75, 3.05) is 34.4 Å². The number of hydrogen-bond acceptors (Lipinski definition) is 8. The van der Waals surface area contributed by atoms with Crippen molar-refractivity contribution in [3.63, 3.8) is 0 Å². The summed E-state index contributed by atoms with van der Waals surface area (Å²) in [7, 11) is 5.67. The van der Waals surface area contributed by atoms with Gasteiger partial charge in [-0.15, -0.1) is 0 Å². The molecule has 1 saturated heterocycles. The summed E-state index contributed by atoms with van der Waals surface area (Å²) >= 11 is 0. The Morgan fingerprint density at radius 3 is 2.33 bits per heavy atom. The Labute approximate surface area is 330 Å². The zero-order valence-electron chi connectivity index (χ0n) is 35.8. The van der Waals surface area contributed by atoms with Gasteiger partial charge < -0.3 is 30.5 Å². The van der Waals surface area contributed by atoms with Crippen molar-refractivity contribution in [1.82, 2.24) is 20.6 Å². The van der Waals surface area contributed by atoms with Crippen LogP contribution in [0.1, 0.15) is 110 Å². The average molecular weight is 763 g/mol. The van der Waals surface area contributed by atoms with E-state index in [-0.39, 0.29) is 53.3 Å². The summed E-state index contributed by atoms with van der Waals surface area (Å²) in [6.45, 7) is 22.1. The normalized spacial score (nSPS) is 27.7. The van der Waals surface area contributed by atoms with Crippen LogP contribution in [0, 0.1) is 34.5 Å². The van der Waals surface area contributed by atoms with Crippen molar-refractivity contribution in [3.8, 4) is 16.9 Å². The van der Waals surface area contributed by atoms with E-state index >= 15 is 0 Å². The van der Waals surface area contributed by atoms with Crippen molar-refractivity contribution in [2.24, 2.45) is 34.5 Å². The summed E-state index contributed by atoms with van der Waals surface area (Å²) in [5.74, 6) is 1.12. The Hall–Kier alpha value is -3.02. The summed E-state index contributed by atoms with van der Waals surface area (Å²) in [5, 5.41) is 29.7. The molecule has 55 heavy (non-hydrogen) atoms. The number of nitrogens with zero attached hydrogens (tertiary/aromatic N) is 2. The number of hydroxylamine groups is 2. The van der Waals surface area contributed by atoms with Crippen LogP contribution < -0.4 is 15.4 Å². The maximum Gasteiger partial charge on any atom is 0.251 e. The Balaban J connectivity index is 1.47. The number of amides is 2. The zero-order valence-corrected chi connectivity index (χ0v) is 35.8. The molecule has 6 rings (SSSR count). The maximum atomic E-state index is 14.3. The number of aliphatic hydroxyl groups is 2. The molecule has 0 aromatic heterocycles. The Morgan fingerprint density at radius 1 is 1.09 bits per heavy atom. The number of likely N-dealkylation sites (N-methyl/N-ethyl adjacent to an activating group) is 1. The van der Waals surface area contributed by atoms with Gasteiger partial charge >= 0.3 is 0 Å². The van der Waals surface area contributed by atoms with E-state index in [1.54, 1.807) is 19.1 Å². The maximum absolute atomic E-state index is 14.3. The van der Waals surface area contributed by atoms with Crippen LogP contribution in [-0.4, -0.2) is 96.7 Å². The number of methoxy groups -OCH3 is 1. The molecule has 306 valence electrons. The lowest BCUT2D eigenvalue weighted by molar-refractivity contribution is -0.183. The van der Waals surface area contributed by atoms with Gasteiger partial charge in [0.05, 0.1) is 26.4 Å². The smallest absolute Gasteiger partial charge is 0.251 e. The molecule has 9 atom stereocenters. The molecule has 4 fully saturated rings. The molecule has 2 amide bonds. The monoisotopic (exact) mass is 763 g/mol. The van der Waals surface area contributed by atoms with Crippen molar-refractivity contribution in [3.05, 3.63) is 53.1 Å². The number of fused-ring (bicyclic) bond motifs is 2.